The Morgan fingerprint density at radius 2 is 2.17 bits per heavy atom. The molecule has 0 saturated carbocycles. The second kappa shape index (κ2) is 5.85. The predicted molar refractivity (Wildman–Crippen MR) is 62.0 cm³/mol. The molecule has 1 aromatic rings. The van der Waals surface area contributed by atoms with Crippen LogP contribution in [-0.2, 0) is 4.79 Å². The van der Waals surface area contributed by atoms with E-state index in [9.17, 15) is 14.9 Å². The number of ether oxygens (including phenoxy) is 2. The molecule has 0 aliphatic heterocycles. The highest BCUT2D eigenvalue weighted by Gasteiger charge is 2.15. The molecular weight excluding hydrogens is 242 g/mol. The van der Waals surface area contributed by atoms with Crippen LogP contribution in [0.1, 0.15) is 13.3 Å². The number of carboxylic acids is 1. The molecule has 0 aliphatic rings. The Balaban J connectivity index is 2.88. The van der Waals surface area contributed by atoms with E-state index in [0.717, 1.165) is 0 Å². The van der Waals surface area contributed by atoms with Crippen LogP contribution in [0.4, 0.5) is 5.69 Å². The van der Waals surface area contributed by atoms with Gasteiger partial charge < -0.3 is 14.6 Å². The van der Waals surface area contributed by atoms with Crippen molar-refractivity contribution in [2.45, 2.75) is 19.4 Å². The molecule has 7 nitrogen and oxygen atoms in total. The van der Waals surface area contributed by atoms with Crippen LogP contribution in [0.25, 0.3) is 0 Å². The first kappa shape index (κ1) is 13.8. The number of methoxy groups -OCH3 is 1. The Morgan fingerprint density at radius 1 is 1.50 bits per heavy atom. The number of nitrogens with zero attached hydrogens (tertiary/aromatic N) is 1. The lowest BCUT2D eigenvalue weighted by atomic mass is 10.2. The van der Waals surface area contributed by atoms with Gasteiger partial charge in [-0.25, -0.2) is 0 Å². The number of hydrogen-bond acceptors (Lipinski definition) is 5. The lowest BCUT2D eigenvalue weighted by Gasteiger charge is -2.15. The van der Waals surface area contributed by atoms with Crippen LogP contribution in [0.15, 0.2) is 18.2 Å². The summed E-state index contributed by atoms with van der Waals surface area (Å²) in [5.41, 5.74) is -0.120. The highest BCUT2D eigenvalue weighted by Crippen LogP contribution is 2.32. The number of rotatable bonds is 6. The van der Waals surface area contributed by atoms with Crippen LogP contribution in [0.3, 0.4) is 0 Å². The van der Waals surface area contributed by atoms with Crippen molar-refractivity contribution in [3.05, 3.63) is 28.3 Å². The maximum Gasteiger partial charge on any atom is 0.307 e. The van der Waals surface area contributed by atoms with E-state index in [2.05, 4.69) is 0 Å². The number of nitro benzene ring substituents is 1. The fourth-order valence-electron chi connectivity index (χ4n) is 1.37. The minimum absolute atomic E-state index is 0.120. The molecule has 0 saturated heterocycles. The summed E-state index contributed by atoms with van der Waals surface area (Å²) in [6.45, 7) is 1.59. The van der Waals surface area contributed by atoms with Gasteiger partial charge in [0.15, 0.2) is 11.5 Å². The zero-order chi connectivity index (χ0) is 13.7. The molecule has 0 bridgehead atoms. The zero-order valence-electron chi connectivity index (χ0n) is 9.95. The number of carboxylic acid groups (broad SMARTS) is 1. The Bertz CT molecular complexity index is 459. The van der Waals surface area contributed by atoms with Gasteiger partial charge in [0.1, 0.15) is 6.10 Å². The summed E-state index contributed by atoms with van der Waals surface area (Å²) in [7, 11) is 1.35. The van der Waals surface area contributed by atoms with Gasteiger partial charge in [-0.05, 0) is 13.0 Å². The smallest absolute Gasteiger partial charge is 0.307 e. The Hall–Kier alpha value is -2.31. The molecule has 0 fully saturated rings. The molecule has 18 heavy (non-hydrogen) atoms. The summed E-state index contributed by atoms with van der Waals surface area (Å²) in [5, 5.41) is 19.2. The molecule has 0 spiro atoms. The van der Waals surface area contributed by atoms with E-state index in [1.165, 1.54) is 25.3 Å². The summed E-state index contributed by atoms with van der Waals surface area (Å²) in [5.74, 6) is -0.512. The van der Waals surface area contributed by atoms with Crippen LogP contribution in [0.5, 0.6) is 11.5 Å². The SMILES string of the molecule is COc1cc([N+](=O)[O-])ccc1O[C@@H](C)CC(=O)O. The van der Waals surface area contributed by atoms with Crippen molar-refractivity contribution >= 4 is 11.7 Å². The Labute approximate surface area is 103 Å². The first-order chi connectivity index (χ1) is 8.43. The first-order valence-electron chi connectivity index (χ1n) is 5.15. The van der Waals surface area contributed by atoms with E-state index < -0.39 is 17.0 Å². The third-order valence-corrected chi connectivity index (χ3v) is 2.15. The lowest BCUT2D eigenvalue weighted by Crippen LogP contribution is -2.17. The second-order valence-electron chi connectivity index (χ2n) is 3.62. The van der Waals surface area contributed by atoms with Crippen LogP contribution in [0.2, 0.25) is 0 Å². The molecule has 0 aliphatic carbocycles. The molecule has 1 rings (SSSR count). The maximum atomic E-state index is 10.6. The van der Waals surface area contributed by atoms with Gasteiger partial charge in [-0.2, -0.15) is 0 Å². The highest BCUT2D eigenvalue weighted by molar-refractivity contribution is 5.67. The summed E-state index contributed by atoms with van der Waals surface area (Å²) < 4.78 is 10.3. The number of non-ortho nitro benzene ring substituents is 1. The van der Waals surface area contributed by atoms with Crippen LogP contribution >= 0.6 is 0 Å². The number of benzene rings is 1. The van der Waals surface area contributed by atoms with Crippen molar-refractivity contribution in [1.82, 2.24) is 0 Å². The molecule has 0 radical (unpaired) electrons. The molecule has 1 N–H and O–H groups in total. The number of nitro groups is 1. The summed E-state index contributed by atoms with van der Waals surface area (Å²) in [6.07, 6.45) is -0.724. The standard InChI is InChI=1S/C11H13NO6/c1-7(5-11(13)14)18-9-4-3-8(12(15)16)6-10(9)17-2/h3-4,6-7H,5H2,1-2H3,(H,13,14)/t7-/m0/s1. The van der Waals surface area contributed by atoms with Gasteiger partial charge in [0, 0.05) is 6.07 Å². The normalized spacial score (nSPS) is 11.7. The number of hydrogen-bond donors (Lipinski definition) is 1. The van der Waals surface area contributed by atoms with Gasteiger partial charge in [-0.1, -0.05) is 0 Å². The molecule has 0 unspecified atom stereocenters. The average Bonchev–Trinajstić information content (AvgIpc) is 2.27. The van der Waals surface area contributed by atoms with Crippen molar-refractivity contribution in [2.24, 2.45) is 0 Å². The average molecular weight is 255 g/mol. The molecule has 7 heteroatoms. The third kappa shape index (κ3) is 3.62. The molecule has 1 atom stereocenters. The Kier molecular flexibility index (Phi) is 4.47. The van der Waals surface area contributed by atoms with E-state index in [1.54, 1.807) is 6.92 Å². The van der Waals surface area contributed by atoms with E-state index >= 15 is 0 Å². The molecule has 0 aromatic heterocycles. The summed E-state index contributed by atoms with van der Waals surface area (Å²) in [4.78, 5) is 20.5. The number of aliphatic carboxylic acids is 1. The van der Waals surface area contributed by atoms with E-state index in [4.69, 9.17) is 14.6 Å². The molecular formula is C11H13NO6. The van der Waals surface area contributed by atoms with Gasteiger partial charge in [0.05, 0.1) is 24.5 Å². The molecule has 98 valence electrons. The fraction of sp³-hybridized carbons (Fsp3) is 0.364. The van der Waals surface area contributed by atoms with Crippen molar-refractivity contribution < 1.29 is 24.3 Å². The van der Waals surface area contributed by atoms with Gasteiger partial charge in [0.25, 0.3) is 5.69 Å². The molecule has 1 aromatic carbocycles. The van der Waals surface area contributed by atoms with E-state index in [-0.39, 0.29) is 23.6 Å². The predicted octanol–water partition coefficient (Wildman–Crippen LogP) is 1.85. The van der Waals surface area contributed by atoms with Gasteiger partial charge in [-0.15, -0.1) is 0 Å². The quantitative estimate of drug-likeness (QED) is 0.615. The third-order valence-electron chi connectivity index (χ3n) is 2.15. The summed E-state index contributed by atoms with van der Waals surface area (Å²) in [6, 6.07) is 3.88. The lowest BCUT2D eigenvalue weighted by molar-refractivity contribution is -0.385. The van der Waals surface area contributed by atoms with Crippen molar-refractivity contribution in [2.75, 3.05) is 7.11 Å². The number of carbonyl (C=O) groups is 1. The maximum absolute atomic E-state index is 10.6. The second-order valence-corrected chi connectivity index (χ2v) is 3.62. The largest absolute Gasteiger partial charge is 0.493 e. The molecule has 0 heterocycles. The monoisotopic (exact) mass is 255 g/mol. The summed E-state index contributed by atoms with van der Waals surface area (Å²) >= 11 is 0. The minimum atomic E-state index is -0.983. The minimum Gasteiger partial charge on any atom is -0.493 e. The van der Waals surface area contributed by atoms with Crippen molar-refractivity contribution in [3.8, 4) is 11.5 Å². The van der Waals surface area contributed by atoms with Crippen molar-refractivity contribution in [1.29, 1.82) is 0 Å². The molecule has 0 amide bonds. The van der Waals surface area contributed by atoms with Gasteiger partial charge in [-0.3, -0.25) is 14.9 Å². The highest BCUT2D eigenvalue weighted by atomic mass is 16.6. The zero-order valence-corrected chi connectivity index (χ0v) is 9.95. The van der Waals surface area contributed by atoms with Crippen LogP contribution in [0, 0.1) is 10.1 Å². The Morgan fingerprint density at radius 3 is 2.67 bits per heavy atom. The first-order valence-corrected chi connectivity index (χ1v) is 5.15. The van der Waals surface area contributed by atoms with E-state index in [0.29, 0.717) is 0 Å². The van der Waals surface area contributed by atoms with Gasteiger partial charge >= 0.3 is 5.97 Å². The van der Waals surface area contributed by atoms with E-state index in [1.807, 2.05) is 0 Å². The topological polar surface area (TPSA) is 98.9 Å². The fourth-order valence-corrected chi connectivity index (χ4v) is 1.37. The van der Waals surface area contributed by atoms with Gasteiger partial charge in [0.2, 0.25) is 0 Å². The van der Waals surface area contributed by atoms with Crippen molar-refractivity contribution in [3.63, 3.8) is 0 Å². The van der Waals surface area contributed by atoms with Crippen LogP contribution in [-0.4, -0.2) is 29.2 Å². The van der Waals surface area contributed by atoms with Crippen LogP contribution < -0.4 is 9.47 Å².